The molecule has 1 aliphatic rings. The summed E-state index contributed by atoms with van der Waals surface area (Å²) in [7, 11) is 0. The van der Waals surface area contributed by atoms with Gasteiger partial charge in [-0.05, 0) is 30.7 Å². The second-order valence-electron chi connectivity index (χ2n) is 5.48. The van der Waals surface area contributed by atoms with Crippen LogP contribution in [0.4, 0.5) is 10.1 Å². The molecule has 0 saturated carbocycles. The quantitative estimate of drug-likeness (QED) is 0.845. The molecule has 1 saturated heterocycles. The van der Waals surface area contributed by atoms with Gasteiger partial charge in [0.1, 0.15) is 5.82 Å². The summed E-state index contributed by atoms with van der Waals surface area (Å²) in [5.74, 6) is 0.180. The number of carbonyl (C=O) groups is 1. The molecular weight excluding hydrogens is 255 g/mol. The number of hydrogen-bond acceptors (Lipinski definition) is 2. The first-order valence-corrected chi connectivity index (χ1v) is 7.41. The van der Waals surface area contributed by atoms with Crippen LogP contribution in [0.1, 0.15) is 26.7 Å². The van der Waals surface area contributed by atoms with E-state index in [2.05, 4.69) is 11.8 Å². The average molecular weight is 278 g/mol. The molecule has 0 bridgehead atoms. The standard InChI is InChI=1S/C16H23FN2O/c1-3-4-13(2)16(20)19-11-9-18(10-12-19)15-7-5-14(17)6-8-15/h5-8,13H,3-4,9-12H2,1-2H3. The lowest BCUT2D eigenvalue weighted by Crippen LogP contribution is -2.50. The summed E-state index contributed by atoms with van der Waals surface area (Å²) < 4.78 is 12.9. The zero-order valence-corrected chi connectivity index (χ0v) is 12.3. The second-order valence-corrected chi connectivity index (χ2v) is 5.48. The van der Waals surface area contributed by atoms with E-state index in [1.807, 2.05) is 11.8 Å². The highest BCUT2D eigenvalue weighted by molar-refractivity contribution is 5.78. The minimum atomic E-state index is -0.212. The molecule has 0 aromatic heterocycles. The van der Waals surface area contributed by atoms with Crippen molar-refractivity contribution in [1.29, 1.82) is 0 Å². The largest absolute Gasteiger partial charge is 0.368 e. The number of anilines is 1. The summed E-state index contributed by atoms with van der Waals surface area (Å²) in [6, 6.07) is 6.56. The van der Waals surface area contributed by atoms with Crippen molar-refractivity contribution in [3.05, 3.63) is 30.1 Å². The fourth-order valence-electron chi connectivity index (χ4n) is 2.71. The first-order valence-electron chi connectivity index (χ1n) is 7.41. The van der Waals surface area contributed by atoms with Gasteiger partial charge < -0.3 is 9.80 Å². The fourth-order valence-corrected chi connectivity index (χ4v) is 2.71. The van der Waals surface area contributed by atoms with Gasteiger partial charge in [0, 0.05) is 37.8 Å². The van der Waals surface area contributed by atoms with Crippen LogP contribution in [0.15, 0.2) is 24.3 Å². The summed E-state index contributed by atoms with van der Waals surface area (Å²) in [5.41, 5.74) is 1.03. The smallest absolute Gasteiger partial charge is 0.225 e. The predicted octanol–water partition coefficient (Wildman–Crippen LogP) is 2.91. The molecule has 0 aliphatic carbocycles. The van der Waals surface area contributed by atoms with Crippen LogP contribution in [-0.2, 0) is 4.79 Å². The molecule has 1 aromatic rings. The van der Waals surface area contributed by atoms with Gasteiger partial charge in [-0.1, -0.05) is 20.3 Å². The topological polar surface area (TPSA) is 23.6 Å². The van der Waals surface area contributed by atoms with Gasteiger partial charge in [0.25, 0.3) is 0 Å². The number of rotatable bonds is 4. The molecule has 1 aromatic carbocycles. The van der Waals surface area contributed by atoms with E-state index in [4.69, 9.17) is 0 Å². The molecule has 20 heavy (non-hydrogen) atoms. The number of carbonyl (C=O) groups excluding carboxylic acids is 1. The molecule has 2 rings (SSSR count). The zero-order chi connectivity index (χ0) is 14.5. The fraction of sp³-hybridized carbons (Fsp3) is 0.562. The summed E-state index contributed by atoms with van der Waals surface area (Å²) in [4.78, 5) is 16.4. The van der Waals surface area contributed by atoms with Crippen molar-refractivity contribution in [2.75, 3.05) is 31.1 Å². The first-order chi connectivity index (χ1) is 9.61. The van der Waals surface area contributed by atoms with Gasteiger partial charge in [-0.15, -0.1) is 0 Å². The molecule has 4 heteroatoms. The predicted molar refractivity (Wildman–Crippen MR) is 79.3 cm³/mol. The Morgan fingerprint density at radius 2 is 1.80 bits per heavy atom. The van der Waals surface area contributed by atoms with Gasteiger partial charge in [-0.25, -0.2) is 4.39 Å². The third-order valence-corrected chi connectivity index (χ3v) is 3.93. The Bertz CT molecular complexity index is 438. The molecule has 1 atom stereocenters. The van der Waals surface area contributed by atoms with Crippen molar-refractivity contribution < 1.29 is 9.18 Å². The number of hydrogen-bond donors (Lipinski definition) is 0. The Kier molecular flexibility index (Phi) is 4.99. The molecule has 1 fully saturated rings. The Morgan fingerprint density at radius 3 is 2.35 bits per heavy atom. The van der Waals surface area contributed by atoms with Crippen LogP contribution in [-0.4, -0.2) is 37.0 Å². The van der Waals surface area contributed by atoms with Crippen LogP contribution in [0.5, 0.6) is 0 Å². The highest BCUT2D eigenvalue weighted by atomic mass is 19.1. The first kappa shape index (κ1) is 14.8. The van der Waals surface area contributed by atoms with E-state index in [9.17, 15) is 9.18 Å². The lowest BCUT2D eigenvalue weighted by molar-refractivity contribution is -0.135. The normalized spacial score (nSPS) is 17.1. The lowest BCUT2D eigenvalue weighted by Gasteiger charge is -2.37. The monoisotopic (exact) mass is 278 g/mol. The maximum Gasteiger partial charge on any atom is 0.225 e. The summed E-state index contributed by atoms with van der Waals surface area (Å²) >= 11 is 0. The van der Waals surface area contributed by atoms with Crippen molar-refractivity contribution in [3.8, 4) is 0 Å². The highest BCUT2D eigenvalue weighted by Crippen LogP contribution is 2.18. The third-order valence-electron chi connectivity index (χ3n) is 3.93. The maximum absolute atomic E-state index is 12.9. The number of amides is 1. The van der Waals surface area contributed by atoms with Gasteiger partial charge in [-0.2, -0.15) is 0 Å². The highest BCUT2D eigenvalue weighted by Gasteiger charge is 2.24. The molecule has 1 unspecified atom stereocenters. The van der Waals surface area contributed by atoms with Crippen LogP contribution >= 0.6 is 0 Å². The Labute approximate surface area is 120 Å². The zero-order valence-electron chi connectivity index (χ0n) is 12.3. The maximum atomic E-state index is 12.9. The second kappa shape index (κ2) is 6.73. The minimum absolute atomic E-state index is 0.123. The molecule has 0 radical (unpaired) electrons. The van der Waals surface area contributed by atoms with Crippen LogP contribution in [0, 0.1) is 11.7 Å². The molecule has 0 spiro atoms. The van der Waals surface area contributed by atoms with Gasteiger partial charge in [-0.3, -0.25) is 4.79 Å². The minimum Gasteiger partial charge on any atom is -0.368 e. The Morgan fingerprint density at radius 1 is 1.20 bits per heavy atom. The number of halogens is 1. The van der Waals surface area contributed by atoms with Gasteiger partial charge in [0.2, 0.25) is 5.91 Å². The van der Waals surface area contributed by atoms with Crippen molar-refractivity contribution in [3.63, 3.8) is 0 Å². The summed E-state index contributed by atoms with van der Waals surface area (Å²) in [6.07, 6.45) is 2.00. The number of benzene rings is 1. The van der Waals surface area contributed by atoms with Gasteiger partial charge >= 0.3 is 0 Å². The number of piperazine rings is 1. The Hall–Kier alpha value is -1.58. The van der Waals surface area contributed by atoms with E-state index in [-0.39, 0.29) is 17.6 Å². The summed E-state index contributed by atoms with van der Waals surface area (Å²) in [6.45, 7) is 7.26. The van der Waals surface area contributed by atoms with Crippen molar-refractivity contribution in [2.24, 2.45) is 5.92 Å². The van der Waals surface area contributed by atoms with Crippen LogP contribution in [0.2, 0.25) is 0 Å². The van der Waals surface area contributed by atoms with Crippen molar-refractivity contribution >= 4 is 11.6 Å². The Balaban J connectivity index is 1.89. The lowest BCUT2D eigenvalue weighted by atomic mass is 10.0. The van der Waals surface area contributed by atoms with Crippen LogP contribution in [0.25, 0.3) is 0 Å². The molecular formula is C16H23FN2O. The van der Waals surface area contributed by atoms with Crippen LogP contribution < -0.4 is 4.90 Å². The van der Waals surface area contributed by atoms with Crippen molar-refractivity contribution in [2.45, 2.75) is 26.7 Å². The van der Waals surface area contributed by atoms with Gasteiger partial charge in [0.05, 0.1) is 0 Å². The van der Waals surface area contributed by atoms with Gasteiger partial charge in [0.15, 0.2) is 0 Å². The van der Waals surface area contributed by atoms with E-state index in [0.29, 0.717) is 0 Å². The molecule has 3 nitrogen and oxygen atoms in total. The molecule has 0 N–H and O–H groups in total. The third kappa shape index (κ3) is 3.50. The average Bonchev–Trinajstić information content (AvgIpc) is 2.48. The van der Waals surface area contributed by atoms with E-state index < -0.39 is 0 Å². The molecule has 1 heterocycles. The van der Waals surface area contributed by atoms with E-state index >= 15 is 0 Å². The molecule has 1 aliphatic heterocycles. The SMILES string of the molecule is CCCC(C)C(=O)N1CCN(c2ccc(F)cc2)CC1. The van der Waals surface area contributed by atoms with E-state index in [1.54, 1.807) is 12.1 Å². The molecule has 110 valence electrons. The molecule has 1 amide bonds. The van der Waals surface area contributed by atoms with Crippen LogP contribution in [0.3, 0.4) is 0 Å². The van der Waals surface area contributed by atoms with E-state index in [1.165, 1.54) is 12.1 Å². The van der Waals surface area contributed by atoms with Crippen molar-refractivity contribution in [1.82, 2.24) is 4.90 Å². The number of nitrogens with zero attached hydrogens (tertiary/aromatic N) is 2. The summed E-state index contributed by atoms with van der Waals surface area (Å²) in [5, 5.41) is 0. The van der Waals surface area contributed by atoms with E-state index in [0.717, 1.165) is 44.7 Å².